The summed E-state index contributed by atoms with van der Waals surface area (Å²) < 4.78 is 0. The van der Waals surface area contributed by atoms with Crippen LogP contribution in [0.15, 0.2) is 36.5 Å². The quantitative estimate of drug-likeness (QED) is 0.744. The molecule has 72 valence electrons. The summed E-state index contributed by atoms with van der Waals surface area (Å²) in [4.78, 5) is 4.24. The molecular weight excluding hydrogens is 174 g/mol. The predicted octanol–water partition coefficient (Wildman–Crippen LogP) is 2.46. The molecule has 2 nitrogen and oxygen atoms in total. The number of aliphatic hydroxyl groups is 1. The molecule has 0 amide bonds. The Balaban J connectivity index is 2.78. The van der Waals surface area contributed by atoms with Crippen LogP contribution in [0.25, 0.3) is 10.9 Å². The van der Waals surface area contributed by atoms with Crippen LogP contribution in [0.3, 0.4) is 0 Å². The zero-order valence-electron chi connectivity index (χ0n) is 8.36. The van der Waals surface area contributed by atoms with Gasteiger partial charge in [0.05, 0.1) is 11.1 Å². The van der Waals surface area contributed by atoms with E-state index in [0.29, 0.717) is 0 Å². The minimum absolute atomic E-state index is 0.817. The Hall–Kier alpha value is -1.41. The molecule has 0 atom stereocenters. The molecule has 0 aliphatic rings. The van der Waals surface area contributed by atoms with Gasteiger partial charge in [-0.25, -0.2) is 0 Å². The van der Waals surface area contributed by atoms with E-state index in [2.05, 4.69) is 4.98 Å². The number of hydrogen-bond donors (Lipinski definition) is 1. The fourth-order valence-electron chi connectivity index (χ4n) is 1.64. The van der Waals surface area contributed by atoms with Gasteiger partial charge in [0.2, 0.25) is 0 Å². The molecule has 1 aromatic heterocycles. The second kappa shape index (κ2) is 3.07. The van der Waals surface area contributed by atoms with E-state index in [0.717, 1.165) is 16.5 Å². The average molecular weight is 187 g/mol. The van der Waals surface area contributed by atoms with Crippen molar-refractivity contribution in [3.8, 4) is 0 Å². The molecule has 1 aromatic carbocycles. The third-order valence-electron chi connectivity index (χ3n) is 2.30. The van der Waals surface area contributed by atoms with E-state index >= 15 is 0 Å². The Labute approximate surface area is 83.2 Å². The van der Waals surface area contributed by atoms with E-state index in [-0.39, 0.29) is 0 Å². The molecular formula is C12H13NO. The second-order valence-corrected chi connectivity index (χ2v) is 3.93. The van der Waals surface area contributed by atoms with Crippen molar-refractivity contribution in [1.29, 1.82) is 0 Å². The van der Waals surface area contributed by atoms with Crippen LogP contribution in [0.4, 0.5) is 0 Å². The summed E-state index contributed by atoms with van der Waals surface area (Å²) in [5, 5.41) is 11.0. The number of aromatic nitrogens is 1. The van der Waals surface area contributed by atoms with Crippen molar-refractivity contribution in [3.05, 3.63) is 42.1 Å². The normalized spacial score (nSPS) is 11.9. The molecule has 1 heterocycles. The molecule has 0 bridgehead atoms. The molecule has 0 unspecified atom stereocenters. The first-order valence-corrected chi connectivity index (χ1v) is 4.65. The molecule has 0 aliphatic heterocycles. The monoisotopic (exact) mass is 187 g/mol. The highest BCUT2D eigenvalue weighted by molar-refractivity contribution is 5.82. The highest BCUT2D eigenvalue weighted by Gasteiger charge is 2.18. The Morgan fingerprint density at radius 1 is 1.14 bits per heavy atom. The summed E-state index contributed by atoms with van der Waals surface area (Å²) in [7, 11) is 0. The zero-order chi connectivity index (χ0) is 10.2. The largest absolute Gasteiger partial charge is 0.386 e. The van der Waals surface area contributed by atoms with Crippen molar-refractivity contribution in [3.63, 3.8) is 0 Å². The van der Waals surface area contributed by atoms with Gasteiger partial charge in [0, 0.05) is 11.6 Å². The smallest absolute Gasteiger partial charge is 0.0847 e. The van der Waals surface area contributed by atoms with Crippen LogP contribution in [-0.2, 0) is 5.60 Å². The fraction of sp³-hybridized carbons (Fsp3) is 0.250. The summed E-state index contributed by atoms with van der Waals surface area (Å²) in [6, 6.07) is 9.67. The SMILES string of the molecule is CC(C)(O)c1cccc2ncccc12. The molecule has 0 saturated carbocycles. The number of hydrogen-bond acceptors (Lipinski definition) is 2. The molecule has 0 radical (unpaired) electrons. The third kappa shape index (κ3) is 1.49. The van der Waals surface area contributed by atoms with Crippen LogP contribution in [0.2, 0.25) is 0 Å². The number of benzene rings is 1. The van der Waals surface area contributed by atoms with Gasteiger partial charge in [-0.2, -0.15) is 0 Å². The van der Waals surface area contributed by atoms with Crippen LogP contribution >= 0.6 is 0 Å². The lowest BCUT2D eigenvalue weighted by Gasteiger charge is -2.19. The van der Waals surface area contributed by atoms with Crippen molar-refractivity contribution in [2.24, 2.45) is 0 Å². The second-order valence-electron chi connectivity index (χ2n) is 3.93. The van der Waals surface area contributed by atoms with E-state index in [1.54, 1.807) is 20.0 Å². The first-order valence-electron chi connectivity index (χ1n) is 4.65. The third-order valence-corrected chi connectivity index (χ3v) is 2.30. The van der Waals surface area contributed by atoms with Gasteiger partial charge in [-0.3, -0.25) is 4.98 Å². The van der Waals surface area contributed by atoms with E-state index in [1.807, 2.05) is 30.3 Å². The molecule has 0 aliphatic carbocycles. The summed E-state index contributed by atoms with van der Waals surface area (Å²) in [6.07, 6.45) is 1.76. The van der Waals surface area contributed by atoms with Gasteiger partial charge in [0.15, 0.2) is 0 Å². The van der Waals surface area contributed by atoms with Gasteiger partial charge in [-0.15, -0.1) is 0 Å². The van der Waals surface area contributed by atoms with Crippen molar-refractivity contribution >= 4 is 10.9 Å². The lowest BCUT2D eigenvalue weighted by Crippen LogP contribution is -2.15. The Morgan fingerprint density at radius 2 is 1.93 bits per heavy atom. The molecule has 0 saturated heterocycles. The molecule has 2 aromatic rings. The van der Waals surface area contributed by atoms with Crippen molar-refractivity contribution in [2.75, 3.05) is 0 Å². The van der Waals surface area contributed by atoms with Crippen molar-refractivity contribution in [1.82, 2.24) is 4.98 Å². The van der Waals surface area contributed by atoms with E-state index in [4.69, 9.17) is 0 Å². The standard InChI is InChI=1S/C12H13NO/c1-12(2,14)10-6-3-7-11-9(10)5-4-8-13-11/h3-8,14H,1-2H3. The minimum atomic E-state index is -0.817. The number of pyridine rings is 1. The van der Waals surface area contributed by atoms with Crippen LogP contribution in [-0.4, -0.2) is 10.1 Å². The summed E-state index contributed by atoms with van der Waals surface area (Å²) in [6.45, 7) is 3.57. The van der Waals surface area contributed by atoms with Gasteiger partial charge in [-0.05, 0) is 31.5 Å². The Kier molecular flexibility index (Phi) is 2.01. The molecule has 0 fully saturated rings. The van der Waals surface area contributed by atoms with Crippen LogP contribution in [0.5, 0.6) is 0 Å². The maximum absolute atomic E-state index is 9.96. The summed E-state index contributed by atoms with van der Waals surface area (Å²) >= 11 is 0. The van der Waals surface area contributed by atoms with E-state index < -0.39 is 5.60 Å². The maximum Gasteiger partial charge on any atom is 0.0847 e. The summed E-state index contributed by atoms with van der Waals surface area (Å²) in [5.41, 5.74) is 1.03. The molecule has 2 heteroatoms. The highest BCUT2D eigenvalue weighted by Crippen LogP contribution is 2.26. The van der Waals surface area contributed by atoms with Crippen LogP contribution < -0.4 is 0 Å². The zero-order valence-corrected chi connectivity index (χ0v) is 8.36. The van der Waals surface area contributed by atoms with Gasteiger partial charge in [0.1, 0.15) is 0 Å². The van der Waals surface area contributed by atoms with Gasteiger partial charge in [0.25, 0.3) is 0 Å². The molecule has 0 spiro atoms. The van der Waals surface area contributed by atoms with Gasteiger partial charge < -0.3 is 5.11 Å². The van der Waals surface area contributed by atoms with Crippen LogP contribution in [0.1, 0.15) is 19.4 Å². The predicted molar refractivity (Wildman–Crippen MR) is 57.0 cm³/mol. The van der Waals surface area contributed by atoms with E-state index in [9.17, 15) is 5.11 Å². The lowest BCUT2D eigenvalue weighted by molar-refractivity contribution is 0.0802. The van der Waals surface area contributed by atoms with Crippen molar-refractivity contribution in [2.45, 2.75) is 19.4 Å². The highest BCUT2D eigenvalue weighted by atomic mass is 16.3. The van der Waals surface area contributed by atoms with Gasteiger partial charge in [-0.1, -0.05) is 18.2 Å². The Morgan fingerprint density at radius 3 is 2.64 bits per heavy atom. The molecule has 2 rings (SSSR count). The average Bonchev–Trinajstić information content (AvgIpc) is 2.15. The maximum atomic E-state index is 9.96. The molecule has 14 heavy (non-hydrogen) atoms. The topological polar surface area (TPSA) is 33.1 Å². The lowest BCUT2D eigenvalue weighted by atomic mass is 9.94. The first kappa shape index (κ1) is 9.16. The Bertz CT molecular complexity index is 452. The number of fused-ring (bicyclic) bond motifs is 1. The number of rotatable bonds is 1. The molecule has 1 N–H and O–H groups in total. The van der Waals surface area contributed by atoms with Gasteiger partial charge >= 0.3 is 0 Å². The first-order chi connectivity index (χ1) is 6.59. The fourth-order valence-corrected chi connectivity index (χ4v) is 1.64. The van der Waals surface area contributed by atoms with E-state index in [1.165, 1.54) is 0 Å². The minimum Gasteiger partial charge on any atom is -0.386 e. The van der Waals surface area contributed by atoms with Crippen LogP contribution in [0, 0.1) is 0 Å². The van der Waals surface area contributed by atoms with Crippen molar-refractivity contribution < 1.29 is 5.11 Å². The summed E-state index contributed by atoms with van der Waals surface area (Å²) in [5.74, 6) is 0. The number of nitrogens with zero attached hydrogens (tertiary/aromatic N) is 1.